The molecule has 1 rings (SSSR count). The van der Waals surface area contributed by atoms with Crippen molar-refractivity contribution in [2.75, 3.05) is 7.05 Å². The topological polar surface area (TPSA) is 12.0 Å². The van der Waals surface area contributed by atoms with E-state index in [9.17, 15) is 0 Å². The molecule has 1 aliphatic rings. The Kier molecular flexibility index (Phi) is 4.07. The number of rotatable bonds is 4. The maximum absolute atomic E-state index is 3.32. The van der Waals surface area contributed by atoms with Gasteiger partial charge in [0.2, 0.25) is 0 Å². The maximum atomic E-state index is 3.32. The van der Waals surface area contributed by atoms with Gasteiger partial charge in [-0.15, -0.1) is 0 Å². The van der Waals surface area contributed by atoms with Gasteiger partial charge in [0.15, 0.2) is 0 Å². The fourth-order valence-corrected chi connectivity index (χ4v) is 2.39. The van der Waals surface area contributed by atoms with E-state index < -0.39 is 0 Å². The first-order valence-corrected chi connectivity index (χ1v) is 5.41. The quantitative estimate of drug-likeness (QED) is 0.682. The summed E-state index contributed by atoms with van der Waals surface area (Å²) < 4.78 is 0. The Morgan fingerprint density at radius 1 is 1.25 bits per heavy atom. The summed E-state index contributed by atoms with van der Waals surface area (Å²) in [5.74, 6) is 1.95. The Hall–Kier alpha value is -0.0400. The highest BCUT2D eigenvalue weighted by atomic mass is 14.8. The highest BCUT2D eigenvalue weighted by Gasteiger charge is 2.22. The van der Waals surface area contributed by atoms with Crippen LogP contribution in [0.4, 0.5) is 0 Å². The molecule has 0 saturated heterocycles. The van der Waals surface area contributed by atoms with Crippen molar-refractivity contribution < 1.29 is 0 Å². The molecule has 0 amide bonds. The minimum atomic E-state index is 0.695. The SMILES string of the molecule is CNC(C)CC(C)C1CCCC1. The van der Waals surface area contributed by atoms with Crippen LogP contribution in [0.1, 0.15) is 46.0 Å². The van der Waals surface area contributed by atoms with Gasteiger partial charge in [0, 0.05) is 6.04 Å². The molecule has 1 N–H and O–H groups in total. The van der Waals surface area contributed by atoms with Gasteiger partial charge in [0.1, 0.15) is 0 Å². The van der Waals surface area contributed by atoms with Gasteiger partial charge in [-0.05, 0) is 32.2 Å². The van der Waals surface area contributed by atoms with Gasteiger partial charge in [-0.3, -0.25) is 0 Å². The van der Waals surface area contributed by atoms with Crippen molar-refractivity contribution in [3.05, 3.63) is 0 Å². The van der Waals surface area contributed by atoms with Gasteiger partial charge in [0.25, 0.3) is 0 Å². The minimum Gasteiger partial charge on any atom is -0.317 e. The monoisotopic (exact) mass is 169 g/mol. The highest BCUT2D eigenvalue weighted by molar-refractivity contribution is 4.75. The van der Waals surface area contributed by atoms with Gasteiger partial charge in [-0.25, -0.2) is 0 Å². The summed E-state index contributed by atoms with van der Waals surface area (Å²) in [6.45, 7) is 4.70. The average Bonchev–Trinajstić information content (AvgIpc) is 2.56. The summed E-state index contributed by atoms with van der Waals surface area (Å²) in [6, 6.07) is 0.695. The van der Waals surface area contributed by atoms with E-state index in [4.69, 9.17) is 0 Å². The molecular formula is C11H23N. The molecule has 0 aliphatic heterocycles. The fraction of sp³-hybridized carbons (Fsp3) is 1.00. The molecule has 12 heavy (non-hydrogen) atoms. The maximum Gasteiger partial charge on any atom is 0.00383 e. The van der Waals surface area contributed by atoms with Crippen LogP contribution < -0.4 is 5.32 Å². The lowest BCUT2D eigenvalue weighted by atomic mass is 9.88. The minimum absolute atomic E-state index is 0.695. The van der Waals surface area contributed by atoms with Gasteiger partial charge < -0.3 is 5.32 Å². The van der Waals surface area contributed by atoms with Gasteiger partial charge in [-0.1, -0.05) is 32.6 Å². The summed E-state index contributed by atoms with van der Waals surface area (Å²) in [5, 5.41) is 3.32. The third kappa shape index (κ3) is 2.78. The van der Waals surface area contributed by atoms with E-state index >= 15 is 0 Å². The molecule has 2 atom stereocenters. The Labute approximate surface area is 76.9 Å². The van der Waals surface area contributed by atoms with Crippen LogP contribution in [0, 0.1) is 11.8 Å². The van der Waals surface area contributed by atoms with E-state index in [1.54, 1.807) is 0 Å². The van der Waals surface area contributed by atoms with Crippen molar-refractivity contribution in [2.45, 2.75) is 52.0 Å². The summed E-state index contributed by atoms with van der Waals surface area (Å²) in [7, 11) is 2.06. The van der Waals surface area contributed by atoms with E-state index in [1.807, 2.05) is 0 Å². The Morgan fingerprint density at radius 3 is 2.33 bits per heavy atom. The second-order valence-electron chi connectivity index (χ2n) is 4.45. The lowest BCUT2D eigenvalue weighted by Gasteiger charge is -2.22. The predicted molar refractivity (Wildman–Crippen MR) is 54.3 cm³/mol. The molecule has 0 spiro atoms. The van der Waals surface area contributed by atoms with Gasteiger partial charge in [0.05, 0.1) is 0 Å². The molecule has 0 radical (unpaired) electrons. The summed E-state index contributed by atoms with van der Waals surface area (Å²) in [4.78, 5) is 0. The van der Waals surface area contributed by atoms with Crippen LogP contribution in [0.5, 0.6) is 0 Å². The largest absolute Gasteiger partial charge is 0.317 e. The summed E-state index contributed by atoms with van der Waals surface area (Å²) in [6.07, 6.45) is 7.27. The molecule has 0 aromatic carbocycles. The molecule has 0 bridgehead atoms. The standard InChI is InChI=1S/C11H23N/c1-9(8-10(2)12-3)11-6-4-5-7-11/h9-12H,4-8H2,1-3H3. The van der Waals surface area contributed by atoms with E-state index in [-0.39, 0.29) is 0 Å². The predicted octanol–water partition coefficient (Wildman–Crippen LogP) is 2.81. The van der Waals surface area contributed by atoms with Gasteiger partial charge >= 0.3 is 0 Å². The third-order valence-corrected chi connectivity index (χ3v) is 3.42. The second kappa shape index (κ2) is 4.86. The first-order chi connectivity index (χ1) is 5.74. The molecule has 1 aliphatic carbocycles. The zero-order valence-electron chi connectivity index (χ0n) is 8.77. The molecule has 1 saturated carbocycles. The van der Waals surface area contributed by atoms with Crippen molar-refractivity contribution in [3.63, 3.8) is 0 Å². The zero-order chi connectivity index (χ0) is 8.97. The van der Waals surface area contributed by atoms with Crippen LogP contribution in [0.3, 0.4) is 0 Å². The van der Waals surface area contributed by atoms with Gasteiger partial charge in [-0.2, -0.15) is 0 Å². The second-order valence-corrected chi connectivity index (χ2v) is 4.45. The molecule has 0 aromatic heterocycles. The molecule has 2 unspecified atom stereocenters. The van der Waals surface area contributed by atoms with Crippen molar-refractivity contribution in [2.24, 2.45) is 11.8 Å². The number of hydrogen-bond acceptors (Lipinski definition) is 1. The Bertz CT molecular complexity index is 116. The fourth-order valence-electron chi connectivity index (χ4n) is 2.39. The molecule has 0 aromatic rings. The average molecular weight is 169 g/mol. The normalized spacial score (nSPS) is 24.2. The summed E-state index contributed by atoms with van der Waals surface area (Å²) >= 11 is 0. The molecule has 1 nitrogen and oxygen atoms in total. The lowest BCUT2D eigenvalue weighted by Crippen LogP contribution is -2.25. The van der Waals surface area contributed by atoms with Crippen molar-refractivity contribution in [1.82, 2.24) is 5.32 Å². The number of hydrogen-bond donors (Lipinski definition) is 1. The van der Waals surface area contributed by atoms with Crippen LogP contribution in [0.15, 0.2) is 0 Å². The van der Waals surface area contributed by atoms with Crippen molar-refractivity contribution in [1.29, 1.82) is 0 Å². The summed E-state index contributed by atoms with van der Waals surface area (Å²) in [5.41, 5.74) is 0. The third-order valence-electron chi connectivity index (χ3n) is 3.42. The van der Waals surface area contributed by atoms with Crippen LogP contribution in [-0.2, 0) is 0 Å². The van der Waals surface area contributed by atoms with Crippen molar-refractivity contribution in [3.8, 4) is 0 Å². The van der Waals surface area contributed by atoms with Crippen LogP contribution in [-0.4, -0.2) is 13.1 Å². The first-order valence-electron chi connectivity index (χ1n) is 5.41. The Morgan fingerprint density at radius 2 is 1.83 bits per heavy atom. The van der Waals surface area contributed by atoms with E-state index in [0.717, 1.165) is 11.8 Å². The lowest BCUT2D eigenvalue weighted by molar-refractivity contribution is 0.315. The number of nitrogens with one attached hydrogen (secondary N) is 1. The molecular weight excluding hydrogens is 146 g/mol. The smallest absolute Gasteiger partial charge is 0.00383 e. The van der Waals surface area contributed by atoms with E-state index in [2.05, 4.69) is 26.2 Å². The van der Waals surface area contributed by atoms with Crippen LogP contribution >= 0.6 is 0 Å². The zero-order valence-corrected chi connectivity index (χ0v) is 8.77. The van der Waals surface area contributed by atoms with E-state index in [1.165, 1.54) is 32.1 Å². The Balaban J connectivity index is 2.21. The van der Waals surface area contributed by atoms with E-state index in [0.29, 0.717) is 6.04 Å². The molecule has 0 heterocycles. The van der Waals surface area contributed by atoms with Crippen LogP contribution in [0.2, 0.25) is 0 Å². The van der Waals surface area contributed by atoms with Crippen molar-refractivity contribution >= 4 is 0 Å². The molecule has 72 valence electrons. The first kappa shape index (κ1) is 10.0. The molecule has 1 heteroatoms. The highest BCUT2D eigenvalue weighted by Crippen LogP contribution is 2.33. The van der Waals surface area contributed by atoms with Crippen LogP contribution in [0.25, 0.3) is 0 Å². The molecule has 1 fully saturated rings.